The Morgan fingerprint density at radius 1 is 1.06 bits per heavy atom. The molecule has 7 nitrogen and oxygen atoms in total. The van der Waals surface area contributed by atoms with E-state index in [0.717, 1.165) is 21.5 Å². The molecule has 1 aromatic heterocycles. The molecule has 160 valence electrons. The SMILES string of the molecule is COc1ccc2nc(N(/N=C/c3ccccc3)C(=O)c3ccc4c(c3)OCCO4)sc2c1. The van der Waals surface area contributed by atoms with E-state index in [9.17, 15) is 4.79 Å². The third-order valence-corrected chi connectivity index (χ3v) is 5.86. The lowest BCUT2D eigenvalue weighted by atomic mass is 10.2. The highest BCUT2D eigenvalue weighted by atomic mass is 32.1. The second kappa shape index (κ2) is 8.68. The normalized spacial score (nSPS) is 12.8. The van der Waals surface area contributed by atoms with Crippen molar-refractivity contribution in [2.24, 2.45) is 5.10 Å². The number of ether oxygens (including phenoxy) is 3. The third kappa shape index (κ3) is 4.00. The number of amides is 1. The second-order valence-electron chi connectivity index (χ2n) is 6.96. The van der Waals surface area contributed by atoms with Gasteiger partial charge in [0.15, 0.2) is 11.5 Å². The molecule has 4 aromatic rings. The van der Waals surface area contributed by atoms with Crippen LogP contribution in [-0.2, 0) is 0 Å². The molecule has 1 aliphatic heterocycles. The number of anilines is 1. The minimum atomic E-state index is -0.319. The molecule has 1 amide bonds. The van der Waals surface area contributed by atoms with E-state index in [2.05, 4.69) is 10.1 Å². The Kier molecular flexibility index (Phi) is 5.43. The zero-order chi connectivity index (χ0) is 21.9. The van der Waals surface area contributed by atoms with E-state index in [1.165, 1.54) is 16.3 Å². The number of hydrogen-bond donors (Lipinski definition) is 0. The van der Waals surface area contributed by atoms with Gasteiger partial charge in [-0.1, -0.05) is 41.7 Å². The first kappa shape index (κ1) is 20.0. The highest BCUT2D eigenvalue weighted by molar-refractivity contribution is 7.22. The van der Waals surface area contributed by atoms with Crippen molar-refractivity contribution in [3.63, 3.8) is 0 Å². The van der Waals surface area contributed by atoms with Crippen LogP contribution in [0.15, 0.2) is 71.8 Å². The van der Waals surface area contributed by atoms with Crippen molar-refractivity contribution in [1.29, 1.82) is 0 Å². The summed E-state index contributed by atoms with van der Waals surface area (Å²) in [6.07, 6.45) is 1.64. The van der Waals surface area contributed by atoms with E-state index >= 15 is 0 Å². The Hall–Kier alpha value is -3.91. The van der Waals surface area contributed by atoms with Crippen LogP contribution >= 0.6 is 11.3 Å². The quantitative estimate of drug-likeness (QED) is 0.327. The van der Waals surface area contributed by atoms with Crippen molar-refractivity contribution in [2.45, 2.75) is 0 Å². The Morgan fingerprint density at radius 2 is 1.88 bits per heavy atom. The highest BCUT2D eigenvalue weighted by Crippen LogP contribution is 2.34. The molecule has 0 aliphatic carbocycles. The number of benzene rings is 3. The monoisotopic (exact) mass is 445 g/mol. The lowest BCUT2D eigenvalue weighted by molar-refractivity contribution is 0.0986. The Bertz CT molecular complexity index is 1300. The summed E-state index contributed by atoms with van der Waals surface area (Å²) in [4.78, 5) is 18.1. The number of rotatable bonds is 5. The smallest absolute Gasteiger partial charge is 0.280 e. The van der Waals surface area contributed by atoms with Crippen LogP contribution in [0, 0.1) is 0 Å². The molecule has 0 saturated carbocycles. The summed E-state index contributed by atoms with van der Waals surface area (Å²) in [6.45, 7) is 0.934. The number of carbonyl (C=O) groups is 1. The predicted octanol–water partition coefficient (Wildman–Crippen LogP) is 4.76. The number of aromatic nitrogens is 1. The Morgan fingerprint density at radius 3 is 2.69 bits per heavy atom. The van der Waals surface area contributed by atoms with Gasteiger partial charge in [-0.15, -0.1) is 0 Å². The van der Waals surface area contributed by atoms with Crippen LogP contribution < -0.4 is 19.2 Å². The number of fused-ring (bicyclic) bond motifs is 2. The summed E-state index contributed by atoms with van der Waals surface area (Å²) < 4.78 is 17.4. The number of hydrogen-bond acceptors (Lipinski definition) is 7. The molecule has 0 N–H and O–H groups in total. The first-order valence-corrected chi connectivity index (χ1v) is 10.8. The summed E-state index contributed by atoms with van der Waals surface area (Å²) in [6, 6.07) is 20.3. The van der Waals surface area contributed by atoms with Gasteiger partial charge in [-0.2, -0.15) is 10.1 Å². The molecule has 0 bridgehead atoms. The van der Waals surface area contributed by atoms with Crippen LogP contribution in [-0.4, -0.2) is 37.4 Å². The van der Waals surface area contributed by atoms with Crippen molar-refractivity contribution in [1.82, 2.24) is 4.98 Å². The molecule has 8 heteroatoms. The summed E-state index contributed by atoms with van der Waals surface area (Å²) in [7, 11) is 1.62. The van der Waals surface area contributed by atoms with Crippen LogP contribution in [0.2, 0.25) is 0 Å². The fourth-order valence-electron chi connectivity index (χ4n) is 3.26. The minimum Gasteiger partial charge on any atom is -0.497 e. The van der Waals surface area contributed by atoms with Crippen LogP contribution in [0.1, 0.15) is 15.9 Å². The third-order valence-electron chi connectivity index (χ3n) is 4.87. The summed E-state index contributed by atoms with van der Waals surface area (Å²) >= 11 is 1.37. The van der Waals surface area contributed by atoms with E-state index in [1.54, 1.807) is 31.5 Å². The summed E-state index contributed by atoms with van der Waals surface area (Å²) in [5.74, 6) is 1.58. The van der Waals surface area contributed by atoms with Gasteiger partial charge in [0.05, 0.1) is 23.5 Å². The van der Waals surface area contributed by atoms with Crippen LogP contribution in [0.3, 0.4) is 0 Å². The summed E-state index contributed by atoms with van der Waals surface area (Å²) in [5.41, 5.74) is 2.06. The highest BCUT2D eigenvalue weighted by Gasteiger charge is 2.23. The standard InChI is InChI=1S/C24H19N3O4S/c1-29-18-8-9-19-22(14-18)32-24(26-19)27(25-15-16-5-3-2-4-6-16)23(28)17-7-10-20-21(13-17)31-12-11-30-20/h2-10,13-15H,11-12H2,1H3/b25-15+. The van der Waals surface area contributed by atoms with Crippen molar-refractivity contribution in [3.05, 3.63) is 77.9 Å². The molecular formula is C24H19N3O4S. The predicted molar refractivity (Wildman–Crippen MR) is 124 cm³/mol. The van der Waals surface area contributed by atoms with E-state index in [1.807, 2.05) is 48.5 Å². The van der Waals surface area contributed by atoms with Crippen LogP contribution in [0.4, 0.5) is 5.13 Å². The molecule has 0 fully saturated rings. The topological polar surface area (TPSA) is 73.2 Å². The number of carbonyl (C=O) groups excluding carboxylic acids is 1. The largest absolute Gasteiger partial charge is 0.497 e. The molecule has 0 atom stereocenters. The van der Waals surface area contributed by atoms with Gasteiger partial charge in [-0.3, -0.25) is 4.79 Å². The van der Waals surface area contributed by atoms with Gasteiger partial charge in [0, 0.05) is 5.56 Å². The molecule has 1 aliphatic rings. The molecule has 0 radical (unpaired) electrons. The van der Waals surface area contributed by atoms with Gasteiger partial charge < -0.3 is 14.2 Å². The number of nitrogens with zero attached hydrogens (tertiary/aromatic N) is 3. The maximum atomic E-state index is 13.5. The van der Waals surface area contributed by atoms with Gasteiger partial charge in [0.2, 0.25) is 5.13 Å². The van der Waals surface area contributed by atoms with Crippen molar-refractivity contribution < 1.29 is 19.0 Å². The fourth-order valence-corrected chi connectivity index (χ4v) is 4.21. The van der Waals surface area contributed by atoms with Gasteiger partial charge in [0.25, 0.3) is 5.91 Å². The van der Waals surface area contributed by atoms with Crippen molar-refractivity contribution in [2.75, 3.05) is 25.3 Å². The first-order chi connectivity index (χ1) is 15.7. The Labute approximate surface area is 188 Å². The van der Waals surface area contributed by atoms with Gasteiger partial charge in [-0.05, 0) is 42.0 Å². The summed E-state index contributed by atoms with van der Waals surface area (Å²) in [5, 5.41) is 6.27. The maximum absolute atomic E-state index is 13.5. The van der Waals surface area contributed by atoms with Gasteiger partial charge in [0.1, 0.15) is 19.0 Å². The first-order valence-electron chi connectivity index (χ1n) is 9.99. The molecule has 5 rings (SSSR count). The molecule has 0 unspecified atom stereocenters. The lowest BCUT2D eigenvalue weighted by Crippen LogP contribution is -2.26. The molecule has 3 aromatic carbocycles. The maximum Gasteiger partial charge on any atom is 0.280 e. The van der Waals surface area contributed by atoms with Crippen molar-refractivity contribution >= 4 is 38.8 Å². The average molecular weight is 446 g/mol. The number of methoxy groups -OCH3 is 1. The zero-order valence-corrected chi connectivity index (χ0v) is 18.0. The van der Waals surface area contributed by atoms with E-state index in [0.29, 0.717) is 35.4 Å². The van der Waals surface area contributed by atoms with Crippen LogP contribution in [0.25, 0.3) is 10.2 Å². The molecule has 2 heterocycles. The van der Waals surface area contributed by atoms with E-state index in [4.69, 9.17) is 14.2 Å². The van der Waals surface area contributed by atoms with Gasteiger partial charge >= 0.3 is 0 Å². The molecular weight excluding hydrogens is 426 g/mol. The Balaban J connectivity index is 1.55. The van der Waals surface area contributed by atoms with Crippen LogP contribution in [0.5, 0.6) is 17.2 Å². The lowest BCUT2D eigenvalue weighted by Gasteiger charge is -2.19. The minimum absolute atomic E-state index is 0.319. The number of thiazole rings is 1. The van der Waals surface area contributed by atoms with Gasteiger partial charge in [-0.25, -0.2) is 4.98 Å². The van der Waals surface area contributed by atoms with Crippen molar-refractivity contribution in [3.8, 4) is 17.2 Å². The zero-order valence-electron chi connectivity index (χ0n) is 17.2. The fraction of sp³-hybridized carbons (Fsp3) is 0.125. The molecule has 32 heavy (non-hydrogen) atoms. The average Bonchev–Trinajstić information content (AvgIpc) is 3.27. The molecule has 0 saturated heterocycles. The second-order valence-corrected chi connectivity index (χ2v) is 7.97. The molecule has 0 spiro atoms. The van der Waals surface area contributed by atoms with E-state index < -0.39 is 0 Å². The number of hydrazone groups is 1. The van der Waals surface area contributed by atoms with E-state index in [-0.39, 0.29) is 5.91 Å².